The minimum atomic E-state index is -0.924. The van der Waals surface area contributed by atoms with E-state index in [9.17, 15) is 9.59 Å². The van der Waals surface area contributed by atoms with Gasteiger partial charge in [-0.15, -0.1) is 0 Å². The Morgan fingerprint density at radius 1 is 1.35 bits per heavy atom. The molecule has 0 heterocycles. The van der Waals surface area contributed by atoms with Gasteiger partial charge in [-0.2, -0.15) is 0 Å². The summed E-state index contributed by atoms with van der Waals surface area (Å²) in [5.41, 5.74) is 1.64. The first-order valence-electron chi connectivity index (χ1n) is 6.49. The van der Waals surface area contributed by atoms with Crippen molar-refractivity contribution in [2.75, 3.05) is 24.3 Å². The largest absolute Gasteiger partial charge is 0.481 e. The molecule has 0 saturated carbocycles. The standard InChI is InChI=1S/C14H21N3O3/c1-4-10(9-13(18)19)15-14(20)16-11-6-5-7-12(8-11)17(2)3/h5-8,10H,4,9H2,1-3H3,(H,18,19)(H2,15,16,20). The van der Waals surface area contributed by atoms with Crippen LogP contribution in [0, 0.1) is 0 Å². The van der Waals surface area contributed by atoms with Crippen LogP contribution in [-0.4, -0.2) is 37.2 Å². The van der Waals surface area contributed by atoms with Gasteiger partial charge in [-0.05, 0) is 24.6 Å². The summed E-state index contributed by atoms with van der Waals surface area (Å²) in [4.78, 5) is 24.4. The number of carbonyl (C=O) groups is 2. The number of carboxylic acid groups (broad SMARTS) is 1. The van der Waals surface area contributed by atoms with Gasteiger partial charge in [0.1, 0.15) is 0 Å². The summed E-state index contributed by atoms with van der Waals surface area (Å²) < 4.78 is 0. The van der Waals surface area contributed by atoms with Crippen molar-refractivity contribution in [3.05, 3.63) is 24.3 Å². The Balaban J connectivity index is 2.61. The second kappa shape index (κ2) is 7.37. The summed E-state index contributed by atoms with van der Waals surface area (Å²) in [6.45, 7) is 1.83. The highest BCUT2D eigenvalue weighted by Gasteiger charge is 2.14. The SMILES string of the molecule is CCC(CC(=O)O)NC(=O)Nc1cccc(N(C)C)c1. The smallest absolute Gasteiger partial charge is 0.319 e. The molecule has 0 aliphatic rings. The highest BCUT2D eigenvalue weighted by molar-refractivity contribution is 5.90. The second-order valence-corrected chi connectivity index (χ2v) is 4.75. The van der Waals surface area contributed by atoms with Crippen LogP contribution in [0.5, 0.6) is 0 Å². The third kappa shape index (κ3) is 5.17. The Hall–Kier alpha value is -2.24. The zero-order chi connectivity index (χ0) is 15.1. The van der Waals surface area contributed by atoms with Crippen molar-refractivity contribution in [2.24, 2.45) is 0 Å². The Kier molecular flexibility index (Phi) is 5.83. The number of hydrogen-bond acceptors (Lipinski definition) is 3. The molecule has 1 aromatic carbocycles. The summed E-state index contributed by atoms with van der Waals surface area (Å²) >= 11 is 0. The molecule has 6 heteroatoms. The maximum absolute atomic E-state index is 11.8. The molecule has 2 amide bonds. The summed E-state index contributed by atoms with van der Waals surface area (Å²) in [6, 6.07) is 6.64. The zero-order valence-corrected chi connectivity index (χ0v) is 12.0. The maximum Gasteiger partial charge on any atom is 0.319 e. The minimum absolute atomic E-state index is 0.0817. The van der Waals surface area contributed by atoms with Crippen LogP contribution in [0.1, 0.15) is 19.8 Å². The van der Waals surface area contributed by atoms with Crippen LogP contribution in [0.2, 0.25) is 0 Å². The van der Waals surface area contributed by atoms with Crippen LogP contribution < -0.4 is 15.5 Å². The normalized spacial score (nSPS) is 11.6. The van der Waals surface area contributed by atoms with Gasteiger partial charge in [0.2, 0.25) is 0 Å². The molecule has 0 radical (unpaired) electrons. The van der Waals surface area contributed by atoms with Crippen LogP contribution in [0.25, 0.3) is 0 Å². The lowest BCUT2D eigenvalue weighted by molar-refractivity contribution is -0.137. The lowest BCUT2D eigenvalue weighted by atomic mass is 10.1. The first kappa shape index (κ1) is 15.8. The fourth-order valence-electron chi connectivity index (χ4n) is 1.72. The van der Waals surface area contributed by atoms with E-state index in [4.69, 9.17) is 5.11 Å². The van der Waals surface area contributed by atoms with Crippen molar-refractivity contribution >= 4 is 23.4 Å². The first-order valence-corrected chi connectivity index (χ1v) is 6.49. The van der Waals surface area contributed by atoms with Crippen molar-refractivity contribution in [1.82, 2.24) is 5.32 Å². The topological polar surface area (TPSA) is 81.7 Å². The van der Waals surface area contributed by atoms with E-state index in [1.165, 1.54) is 0 Å². The molecule has 0 aliphatic heterocycles. The number of hydrogen-bond donors (Lipinski definition) is 3. The zero-order valence-electron chi connectivity index (χ0n) is 12.0. The van der Waals surface area contributed by atoms with Gasteiger partial charge in [0.25, 0.3) is 0 Å². The highest BCUT2D eigenvalue weighted by Crippen LogP contribution is 2.17. The molecule has 1 unspecified atom stereocenters. The fourth-order valence-corrected chi connectivity index (χ4v) is 1.72. The summed E-state index contributed by atoms with van der Waals surface area (Å²) in [7, 11) is 3.83. The minimum Gasteiger partial charge on any atom is -0.481 e. The van der Waals surface area contributed by atoms with Crippen molar-refractivity contribution in [1.29, 1.82) is 0 Å². The molecule has 6 nitrogen and oxygen atoms in total. The van der Waals surface area contributed by atoms with Gasteiger partial charge < -0.3 is 20.6 Å². The van der Waals surface area contributed by atoms with Gasteiger partial charge >= 0.3 is 12.0 Å². The van der Waals surface area contributed by atoms with E-state index in [2.05, 4.69) is 10.6 Å². The molecule has 1 rings (SSSR count). The summed E-state index contributed by atoms with van der Waals surface area (Å²) in [6.07, 6.45) is 0.485. The predicted octanol–water partition coefficient (Wildman–Crippen LogP) is 2.13. The molecular weight excluding hydrogens is 258 g/mol. The monoisotopic (exact) mass is 279 g/mol. The number of carbonyl (C=O) groups excluding carboxylic acids is 1. The van der Waals surface area contributed by atoms with Gasteiger partial charge in [0.15, 0.2) is 0 Å². The van der Waals surface area contributed by atoms with Crippen LogP contribution >= 0.6 is 0 Å². The van der Waals surface area contributed by atoms with Crippen molar-refractivity contribution in [3.63, 3.8) is 0 Å². The number of rotatable bonds is 6. The number of urea groups is 1. The number of aliphatic carboxylic acids is 1. The third-order valence-corrected chi connectivity index (χ3v) is 2.87. The lowest BCUT2D eigenvalue weighted by Gasteiger charge is -2.17. The Morgan fingerprint density at radius 3 is 2.60 bits per heavy atom. The number of nitrogens with zero attached hydrogens (tertiary/aromatic N) is 1. The van der Waals surface area contributed by atoms with Crippen molar-refractivity contribution in [3.8, 4) is 0 Å². The van der Waals surface area contributed by atoms with Crippen LogP contribution in [0.3, 0.4) is 0 Å². The van der Waals surface area contributed by atoms with Crippen LogP contribution in [-0.2, 0) is 4.79 Å². The molecule has 110 valence electrons. The first-order chi connectivity index (χ1) is 9.42. The maximum atomic E-state index is 11.8. The quantitative estimate of drug-likeness (QED) is 0.745. The molecule has 0 aliphatic carbocycles. The Morgan fingerprint density at radius 2 is 2.05 bits per heavy atom. The molecule has 3 N–H and O–H groups in total. The summed E-state index contributed by atoms with van der Waals surface area (Å²) in [5.74, 6) is -0.924. The lowest BCUT2D eigenvalue weighted by Crippen LogP contribution is -2.38. The average molecular weight is 279 g/mol. The van der Waals surface area contributed by atoms with Gasteiger partial charge in [0, 0.05) is 31.5 Å². The highest BCUT2D eigenvalue weighted by atomic mass is 16.4. The van der Waals surface area contributed by atoms with Gasteiger partial charge in [0.05, 0.1) is 6.42 Å². The Bertz CT molecular complexity index is 474. The molecule has 0 bridgehead atoms. The van der Waals surface area contributed by atoms with Crippen molar-refractivity contribution < 1.29 is 14.7 Å². The van der Waals surface area contributed by atoms with E-state index >= 15 is 0 Å². The Labute approximate surface area is 118 Å². The third-order valence-electron chi connectivity index (χ3n) is 2.87. The van der Waals surface area contributed by atoms with E-state index in [-0.39, 0.29) is 12.5 Å². The predicted molar refractivity (Wildman–Crippen MR) is 79.3 cm³/mol. The van der Waals surface area contributed by atoms with E-state index in [0.717, 1.165) is 5.69 Å². The molecule has 0 fully saturated rings. The average Bonchev–Trinajstić information content (AvgIpc) is 2.37. The fraction of sp³-hybridized carbons (Fsp3) is 0.429. The van der Waals surface area contributed by atoms with Crippen molar-refractivity contribution in [2.45, 2.75) is 25.8 Å². The van der Waals surface area contributed by atoms with Crippen LogP contribution in [0.4, 0.5) is 16.2 Å². The molecular formula is C14H21N3O3. The van der Waals surface area contributed by atoms with E-state index in [0.29, 0.717) is 12.1 Å². The van der Waals surface area contributed by atoms with E-state index < -0.39 is 12.0 Å². The number of carboxylic acids is 1. The molecule has 1 aromatic rings. The number of nitrogens with one attached hydrogen (secondary N) is 2. The number of anilines is 2. The molecule has 0 aromatic heterocycles. The van der Waals surface area contributed by atoms with Crippen LogP contribution in [0.15, 0.2) is 24.3 Å². The number of benzene rings is 1. The van der Waals surface area contributed by atoms with E-state index in [1.54, 1.807) is 6.07 Å². The van der Waals surface area contributed by atoms with Gasteiger partial charge in [-0.3, -0.25) is 4.79 Å². The van der Waals surface area contributed by atoms with Gasteiger partial charge in [-0.25, -0.2) is 4.79 Å². The molecule has 20 heavy (non-hydrogen) atoms. The summed E-state index contributed by atoms with van der Waals surface area (Å²) in [5, 5.41) is 14.1. The molecule has 0 saturated heterocycles. The number of amides is 2. The van der Waals surface area contributed by atoms with E-state index in [1.807, 2.05) is 44.1 Å². The van der Waals surface area contributed by atoms with Gasteiger partial charge in [-0.1, -0.05) is 13.0 Å². The molecule has 0 spiro atoms. The molecule has 1 atom stereocenters. The second-order valence-electron chi connectivity index (χ2n) is 4.75.